The average molecular weight is 265 g/mol. The maximum Gasteiger partial charge on any atom is 0.119 e. The molecule has 102 valence electrons. The molecule has 0 spiro atoms. The first-order chi connectivity index (χ1) is 9.84. The monoisotopic (exact) mass is 265 g/mol. The molecule has 3 nitrogen and oxygen atoms in total. The number of pyridine rings is 1. The summed E-state index contributed by atoms with van der Waals surface area (Å²) in [6.07, 6.45) is 4.09. The molecule has 1 aromatic carbocycles. The summed E-state index contributed by atoms with van der Waals surface area (Å²) in [6.45, 7) is 1.10. The maximum absolute atomic E-state index is 4.98. The zero-order valence-corrected chi connectivity index (χ0v) is 11.7. The Morgan fingerprint density at radius 1 is 1.10 bits per heavy atom. The van der Waals surface area contributed by atoms with Crippen molar-refractivity contribution >= 4 is 5.84 Å². The van der Waals surface area contributed by atoms with Crippen LogP contribution in [0.2, 0.25) is 0 Å². The van der Waals surface area contributed by atoms with Crippen LogP contribution in [0.4, 0.5) is 0 Å². The Bertz CT molecular complexity index is 538. The zero-order chi connectivity index (χ0) is 13.8. The quantitative estimate of drug-likeness (QED) is 0.852. The van der Waals surface area contributed by atoms with Crippen molar-refractivity contribution in [2.75, 3.05) is 13.6 Å². The fourth-order valence-electron chi connectivity index (χ4n) is 2.59. The predicted octanol–water partition coefficient (Wildman–Crippen LogP) is 3.30. The van der Waals surface area contributed by atoms with Crippen molar-refractivity contribution in [3.63, 3.8) is 0 Å². The first-order valence-electron chi connectivity index (χ1n) is 7.08. The van der Waals surface area contributed by atoms with E-state index in [1.165, 1.54) is 17.8 Å². The van der Waals surface area contributed by atoms with E-state index in [4.69, 9.17) is 4.99 Å². The number of aromatic nitrogens is 1. The summed E-state index contributed by atoms with van der Waals surface area (Å²) >= 11 is 0. The van der Waals surface area contributed by atoms with Crippen LogP contribution in [-0.4, -0.2) is 29.3 Å². The van der Waals surface area contributed by atoms with Gasteiger partial charge >= 0.3 is 0 Å². The van der Waals surface area contributed by atoms with E-state index in [2.05, 4.69) is 47.3 Å². The van der Waals surface area contributed by atoms with Crippen molar-refractivity contribution in [1.82, 2.24) is 9.88 Å². The van der Waals surface area contributed by atoms with Gasteiger partial charge in [-0.25, -0.2) is 0 Å². The van der Waals surface area contributed by atoms with Crippen molar-refractivity contribution in [3.05, 3.63) is 66.0 Å². The molecule has 1 unspecified atom stereocenters. The van der Waals surface area contributed by atoms with Gasteiger partial charge in [-0.05, 0) is 24.1 Å². The first kappa shape index (κ1) is 12.9. The Morgan fingerprint density at radius 3 is 2.55 bits per heavy atom. The molecule has 1 aromatic heterocycles. The Kier molecular flexibility index (Phi) is 3.77. The smallest absolute Gasteiger partial charge is 0.119 e. The van der Waals surface area contributed by atoms with Crippen LogP contribution in [0.5, 0.6) is 0 Å². The molecule has 20 heavy (non-hydrogen) atoms. The highest BCUT2D eigenvalue weighted by atomic mass is 15.2. The highest BCUT2D eigenvalue weighted by molar-refractivity contribution is 5.84. The summed E-state index contributed by atoms with van der Waals surface area (Å²) < 4.78 is 0. The number of amidine groups is 1. The van der Waals surface area contributed by atoms with Gasteiger partial charge in [-0.15, -0.1) is 0 Å². The molecular weight excluding hydrogens is 246 g/mol. The van der Waals surface area contributed by atoms with Gasteiger partial charge in [-0.2, -0.15) is 0 Å². The van der Waals surface area contributed by atoms with E-state index in [1.807, 2.05) is 24.4 Å². The molecule has 1 fully saturated rings. The largest absolute Gasteiger partial charge is 0.363 e. The highest BCUT2D eigenvalue weighted by Gasteiger charge is 2.19. The molecule has 0 amide bonds. The van der Waals surface area contributed by atoms with Crippen LogP contribution in [-0.2, 0) is 0 Å². The molecule has 0 radical (unpaired) electrons. The van der Waals surface area contributed by atoms with E-state index in [-0.39, 0.29) is 6.04 Å². The van der Waals surface area contributed by atoms with Gasteiger partial charge in [0.2, 0.25) is 0 Å². The second-order valence-electron chi connectivity index (χ2n) is 5.14. The number of hydrogen-bond acceptors (Lipinski definition) is 2. The summed E-state index contributed by atoms with van der Waals surface area (Å²) in [5.74, 6) is 1.18. The van der Waals surface area contributed by atoms with E-state index >= 15 is 0 Å². The molecule has 3 heteroatoms. The Labute approximate surface area is 120 Å². The van der Waals surface area contributed by atoms with Gasteiger partial charge in [0.15, 0.2) is 0 Å². The summed E-state index contributed by atoms with van der Waals surface area (Å²) in [7, 11) is 2.12. The lowest BCUT2D eigenvalue weighted by molar-refractivity contribution is 0.545. The van der Waals surface area contributed by atoms with Gasteiger partial charge in [0, 0.05) is 26.2 Å². The average Bonchev–Trinajstić information content (AvgIpc) is 2.92. The van der Waals surface area contributed by atoms with Crippen molar-refractivity contribution in [1.29, 1.82) is 0 Å². The molecule has 1 aliphatic rings. The van der Waals surface area contributed by atoms with Crippen molar-refractivity contribution in [2.45, 2.75) is 18.9 Å². The van der Waals surface area contributed by atoms with E-state index in [0.29, 0.717) is 0 Å². The Balaban J connectivity index is 2.00. The summed E-state index contributed by atoms with van der Waals surface area (Å²) in [5.41, 5.74) is 2.20. The second kappa shape index (κ2) is 5.87. The van der Waals surface area contributed by atoms with Gasteiger partial charge in [0.1, 0.15) is 6.04 Å². The number of aliphatic imine (C=N–C) groups is 1. The van der Waals surface area contributed by atoms with Crippen LogP contribution in [0.15, 0.2) is 59.7 Å². The fourth-order valence-corrected chi connectivity index (χ4v) is 2.59. The first-order valence-corrected chi connectivity index (χ1v) is 7.08. The van der Waals surface area contributed by atoms with E-state index in [9.17, 15) is 0 Å². The van der Waals surface area contributed by atoms with Crippen molar-refractivity contribution in [3.8, 4) is 0 Å². The number of rotatable bonds is 3. The third-order valence-corrected chi connectivity index (χ3v) is 3.70. The lowest BCUT2D eigenvalue weighted by Gasteiger charge is -2.17. The molecule has 1 saturated heterocycles. The molecule has 0 aliphatic carbocycles. The van der Waals surface area contributed by atoms with Gasteiger partial charge in [0.25, 0.3) is 0 Å². The number of likely N-dealkylation sites (tertiary alicyclic amines) is 1. The molecule has 0 N–H and O–H groups in total. The van der Waals surface area contributed by atoms with Crippen LogP contribution >= 0.6 is 0 Å². The highest BCUT2D eigenvalue weighted by Crippen LogP contribution is 2.26. The third kappa shape index (κ3) is 2.72. The van der Waals surface area contributed by atoms with Gasteiger partial charge in [-0.3, -0.25) is 9.98 Å². The van der Waals surface area contributed by atoms with Crippen LogP contribution in [0.3, 0.4) is 0 Å². The van der Waals surface area contributed by atoms with E-state index in [0.717, 1.165) is 18.7 Å². The van der Waals surface area contributed by atoms with Crippen LogP contribution in [0, 0.1) is 0 Å². The van der Waals surface area contributed by atoms with Crippen molar-refractivity contribution < 1.29 is 0 Å². The summed E-state index contributed by atoms with van der Waals surface area (Å²) in [6, 6.07) is 16.4. The van der Waals surface area contributed by atoms with Crippen molar-refractivity contribution in [2.24, 2.45) is 4.99 Å². The minimum Gasteiger partial charge on any atom is -0.363 e. The summed E-state index contributed by atoms with van der Waals surface area (Å²) in [5, 5.41) is 0. The summed E-state index contributed by atoms with van der Waals surface area (Å²) in [4.78, 5) is 11.7. The third-order valence-electron chi connectivity index (χ3n) is 3.70. The molecule has 0 bridgehead atoms. The standard InChI is InChI=1S/C17H19N3/c1-20-13-7-11-16(20)19-17(14-8-3-2-4-9-14)15-10-5-6-12-18-15/h2-6,8-10,12,17H,7,11,13H2,1H3. The molecule has 0 saturated carbocycles. The minimum absolute atomic E-state index is 0.00653. The Hall–Kier alpha value is -2.16. The molecule has 1 aliphatic heterocycles. The predicted molar refractivity (Wildman–Crippen MR) is 81.8 cm³/mol. The van der Waals surface area contributed by atoms with E-state index < -0.39 is 0 Å². The van der Waals surface area contributed by atoms with Gasteiger partial charge < -0.3 is 4.90 Å². The Morgan fingerprint density at radius 2 is 1.90 bits per heavy atom. The molecule has 2 aromatic rings. The van der Waals surface area contributed by atoms with Gasteiger partial charge in [0.05, 0.1) is 11.5 Å². The lowest BCUT2D eigenvalue weighted by Crippen LogP contribution is -2.20. The second-order valence-corrected chi connectivity index (χ2v) is 5.14. The fraction of sp³-hybridized carbons (Fsp3) is 0.294. The maximum atomic E-state index is 4.98. The van der Waals surface area contributed by atoms with Gasteiger partial charge in [-0.1, -0.05) is 36.4 Å². The molecule has 1 atom stereocenters. The normalized spacial score (nSPS) is 18.4. The number of nitrogens with zero attached hydrogens (tertiary/aromatic N) is 3. The van der Waals surface area contributed by atoms with Crippen LogP contribution in [0.25, 0.3) is 0 Å². The van der Waals surface area contributed by atoms with Crippen LogP contribution in [0.1, 0.15) is 30.1 Å². The van der Waals surface area contributed by atoms with Crippen LogP contribution < -0.4 is 0 Å². The van der Waals surface area contributed by atoms with E-state index in [1.54, 1.807) is 0 Å². The topological polar surface area (TPSA) is 28.5 Å². The number of hydrogen-bond donors (Lipinski definition) is 0. The number of benzene rings is 1. The SMILES string of the molecule is CN1CCCC1=NC(c1ccccc1)c1ccccn1. The zero-order valence-electron chi connectivity index (χ0n) is 11.7. The molecular formula is C17H19N3. The lowest BCUT2D eigenvalue weighted by atomic mass is 10.0. The molecule has 3 rings (SSSR count). The minimum atomic E-state index is -0.00653. The molecule has 2 heterocycles.